The van der Waals surface area contributed by atoms with E-state index >= 15 is 0 Å². The highest BCUT2D eigenvalue weighted by Gasteiger charge is 2.34. The molecule has 2 heteroatoms. The molecule has 0 aliphatic carbocycles. The maximum absolute atomic E-state index is 6.98. The summed E-state index contributed by atoms with van der Waals surface area (Å²) in [6.07, 6.45) is 5.59. The second-order valence-corrected chi connectivity index (χ2v) is 11.5. The molecule has 1 atom stereocenters. The highest BCUT2D eigenvalue weighted by Crippen LogP contribution is 2.45. The summed E-state index contributed by atoms with van der Waals surface area (Å²) >= 11 is 0. The lowest BCUT2D eigenvalue weighted by Crippen LogP contribution is -2.27. The van der Waals surface area contributed by atoms with Crippen LogP contribution in [0.2, 0.25) is 0 Å². The lowest BCUT2D eigenvalue weighted by Gasteiger charge is -2.34. The average molecular weight is 583 g/mol. The van der Waals surface area contributed by atoms with Crippen LogP contribution in [0.4, 0.5) is 5.69 Å². The number of nitrogen functional groups attached to an aromatic ring is 1. The minimum atomic E-state index is -0.524. The molecule has 2 nitrogen and oxygen atoms in total. The third kappa shape index (κ3) is 5.96. The van der Waals surface area contributed by atoms with Gasteiger partial charge in [-0.05, 0) is 112 Å². The summed E-state index contributed by atoms with van der Waals surface area (Å²) in [6.45, 7) is 4.33. The van der Waals surface area contributed by atoms with Crippen LogP contribution in [0.5, 0.6) is 0 Å². The summed E-state index contributed by atoms with van der Waals surface area (Å²) in [5, 5.41) is 0. The molecule has 0 aliphatic rings. The quantitative estimate of drug-likeness (QED) is 0.107. The van der Waals surface area contributed by atoms with Gasteiger partial charge in [0.25, 0.3) is 0 Å². The Kier molecular flexibility index (Phi) is 8.48. The third-order valence-electron chi connectivity index (χ3n) is 8.80. The first-order valence-electron chi connectivity index (χ1n) is 15.4. The van der Waals surface area contributed by atoms with E-state index in [-0.39, 0.29) is 0 Å². The van der Waals surface area contributed by atoms with Gasteiger partial charge in [-0.3, -0.25) is 0 Å². The fourth-order valence-electron chi connectivity index (χ4n) is 6.28. The van der Waals surface area contributed by atoms with Gasteiger partial charge < -0.3 is 11.5 Å². The Labute approximate surface area is 267 Å². The number of rotatable bonds is 8. The topological polar surface area (TPSA) is 52.0 Å². The third-order valence-corrected chi connectivity index (χ3v) is 8.80. The molecule has 0 aliphatic heterocycles. The van der Waals surface area contributed by atoms with Crippen LogP contribution in [0.1, 0.15) is 36.1 Å². The van der Waals surface area contributed by atoms with Crippen molar-refractivity contribution in [1.82, 2.24) is 0 Å². The maximum atomic E-state index is 6.98. The molecule has 6 aromatic rings. The summed E-state index contributed by atoms with van der Waals surface area (Å²) in [4.78, 5) is 0. The van der Waals surface area contributed by atoms with E-state index in [1.54, 1.807) is 6.20 Å². The number of benzene rings is 6. The van der Waals surface area contributed by atoms with Gasteiger partial charge >= 0.3 is 0 Å². The van der Waals surface area contributed by atoms with Crippen LogP contribution < -0.4 is 11.5 Å². The van der Waals surface area contributed by atoms with Gasteiger partial charge in [0.15, 0.2) is 0 Å². The van der Waals surface area contributed by atoms with Gasteiger partial charge in [-0.15, -0.1) is 0 Å². The van der Waals surface area contributed by atoms with Crippen LogP contribution in [-0.2, 0) is 5.41 Å². The first-order chi connectivity index (χ1) is 22.0. The first-order valence-corrected chi connectivity index (χ1v) is 15.4. The molecular weight excluding hydrogens is 544 g/mol. The largest absolute Gasteiger partial charge is 0.405 e. The molecule has 0 radical (unpaired) electrons. The molecule has 0 spiro atoms. The van der Waals surface area contributed by atoms with Crippen LogP contribution in [0, 0.1) is 0 Å². The second kappa shape index (κ2) is 13.0. The smallest absolute Gasteiger partial charge is 0.0444 e. The van der Waals surface area contributed by atoms with Crippen molar-refractivity contribution in [3.63, 3.8) is 0 Å². The van der Waals surface area contributed by atoms with E-state index in [1.807, 2.05) is 19.1 Å². The van der Waals surface area contributed by atoms with Crippen LogP contribution in [-0.4, -0.2) is 0 Å². The van der Waals surface area contributed by atoms with E-state index < -0.39 is 5.41 Å². The molecule has 1 unspecified atom stereocenters. The molecule has 4 N–H and O–H groups in total. The summed E-state index contributed by atoms with van der Waals surface area (Å²) in [5.74, 6) is 0. The summed E-state index contributed by atoms with van der Waals surface area (Å²) < 4.78 is 0. The van der Waals surface area contributed by atoms with Gasteiger partial charge in [-0.2, -0.15) is 0 Å². The number of hydrogen-bond donors (Lipinski definition) is 2. The predicted octanol–water partition coefficient (Wildman–Crippen LogP) is 10.5. The van der Waals surface area contributed by atoms with Gasteiger partial charge in [0.2, 0.25) is 0 Å². The molecule has 6 aromatic carbocycles. The van der Waals surface area contributed by atoms with Crippen molar-refractivity contribution in [3.05, 3.63) is 192 Å². The Morgan fingerprint density at radius 2 is 1.04 bits per heavy atom. The fraction of sp³-hybridized carbons (Fsp3) is 0.0698. The zero-order valence-electron chi connectivity index (χ0n) is 25.8. The van der Waals surface area contributed by atoms with E-state index in [0.717, 1.165) is 50.2 Å². The van der Waals surface area contributed by atoms with Crippen LogP contribution in [0.3, 0.4) is 0 Å². The van der Waals surface area contributed by atoms with Crippen LogP contribution >= 0.6 is 0 Å². The number of hydrogen-bond acceptors (Lipinski definition) is 2. The second-order valence-electron chi connectivity index (χ2n) is 11.5. The number of nitrogens with two attached hydrogens (primary N) is 2. The van der Waals surface area contributed by atoms with Crippen molar-refractivity contribution in [1.29, 1.82) is 0 Å². The Hall–Kier alpha value is -5.60. The molecule has 0 fully saturated rings. The van der Waals surface area contributed by atoms with Gasteiger partial charge in [0.1, 0.15) is 0 Å². The monoisotopic (exact) mass is 582 g/mol. The molecular formula is C43H38N2. The zero-order chi connectivity index (χ0) is 31.2. The predicted molar refractivity (Wildman–Crippen MR) is 193 cm³/mol. The Morgan fingerprint density at radius 3 is 1.58 bits per heavy atom. The van der Waals surface area contributed by atoms with Crippen molar-refractivity contribution in [2.24, 2.45) is 5.73 Å². The molecule has 45 heavy (non-hydrogen) atoms. The maximum Gasteiger partial charge on any atom is 0.0444 e. The highest BCUT2D eigenvalue weighted by atomic mass is 14.6. The Morgan fingerprint density at radius 1 is 0.533 bits per heavy atom. The Balaban J connectivity index is 1.56. The number of allylic oxidation sites excluding steroid dienone is 3. The van der Waals surface area contributed by atoms with Crippen molar-refractivity contribution < 1.29 is 0 Å². The summed E-state index contributed by atoms with van der Waals surface area (Å²) in [7, 11) is 0. The molecule has 0 aromatic heterocycles. The summed E-state index contributed by atoms with van der Waals surface area (Å²) in [5.41, 5.74) is 25.5. The molecule has 0 heterocycles. The van der Waals surface area contributed by atoms with Gasteiger partial charge in [0.05, 0.1) is 0 Å². The SMILES string of the molecule is C/C=C(\C=C/N)c1ccc(-c2cc(-c3ccccc3)cc(C(C)(c3ccccc3)c3ccc(-c4ccccc4)cc3N)c2)cc1. The number of anilines is 1. The minimum Gasteiger partial charge on any atom is -0.405 e. The fourth-order valence-corrected chi connectivity index (χ4v) is 6.28. The lowest BCUT2D eigenvalue weighted by molar-refractivity contribution is 0.696. The average Bonchev–Trinajstić information content (AvgIpc) is 3.11. The van der Waals surface area contributed by atoms with E-state index in [9.17, 15) is 0 Å². The van der Waals surface area contributed by atoms with Crippen molar-refractivity contribution in [3.8, 4) is 33.4 Å². The van der Waals surface area contributed by atoms with E-state index in [4.69, 9.17) is 11.5 Å². The molecule has 0 saturated carbocycles. The molecule has 220 valence electrons. The first kappa shape index (κ1) is 29.5. The van der Waals surface area contributed by atoms with Crippen molar-refractivity contribution in [2.75, 3.05) is 5.73 Å². The van der Waals surface area contributed by atoms with Crippen LogP contribution in [0.15, 0.2) is 170 Å². The van der Waals surface area contributed by atoms with Gasteiger partial charge in [0, 0.05) is 11.1 Å². The molecule has 0 amide bonds. The van der Waals surface area contributed by atoms with Crippen molar-refractivity contribution >= 4 is 11.3 Å². The van der Waals surface area contributed by atoms with E-state index in [0.29, 0.717) is 0 Å². The van der Waals surface area contributed by atoms with Gasteiger partial charge in [-0.25, -0.2) is 0 Å². The Bertz CT molecular complexity index is 1950. The van der Waals surface area contributed by atoms with E-state index in [1.165, 1.54) is 16.7 Å². The van der Waals surface area contributed by atoms with Gasteiger partial charge in [-0.1, -0.05) is 133 Å². The summed E-state index contributed by atoms with van der Waals surface area (Å²) in [6, 6.07) is 53.9. The minimum absolute atomic E-state index is 0.524. The van der Waals surface area contributed by atoms with Crippen LogP contribution in [0.25, 0.3) is 39.0 Å². The standard InChI is InChI=1S/C43H38N2/c1-3-31(25-26-44)34-19-21-35(22-20-34)38-27-37(33-15-9-5-10-16-33)28-40(29-38)43(2,39-17-11-6-12-18-39)41-24-23-36(30-42(41)45)32-13-7-4-8-14-32/h3-30H,44-45H2,1-2H3/b26-25-,31-3+. The molecule has 6 rings (SSSR count). The normalized spacial score (nSPS) is 13.1. The lowest BCUT2D eigenvalue weighted by atomic mass is 9.69. The zero-order valence-corrected chi connectivity index (χ0v) is 25.8. The highest BCUT2D eigenvalue weighted by molar-refractivity contribution is 5.80. The van der Waals surface area contributed by atoms with E-state index in [2.05, 4.69) is 159 Å². The molecule has 0 bridgehead atoms. The molecule has 0 saturated heterocycles. The van der Waals surface area contributed by atoms with Crippen molar-refractivity contribution in [2.45, 2.75) is 19.3 Å².